The second kappa shape index (κ2) is 5.46. The van der Waals surface area contributed by atoms with E-state index in [1.807, 2.05) is 0 Å². The van der Waals surface area contributed by atoms with Gasteiger partial charge >= 0.3 is 11.6 Å². The zero-order chi connectivity index (χ0) is 16.9. The van der Waals surface area contributed by atoms with E-state index in [2.05, 4.69) is 15.5 Å². The molecule has 0 spiro atoms. The van der Waals surface area contributed by atoms with Crippen LogP contribution in [0.15, 0.2) is 0 Å². The van der Waals surface area contributed by atoms with Crippen LogP contribution in [0.25, 0.3) is 0 Å². The van der Waals surface area contributed by atoms with Gasteiger partial charge in [-0.05, 0) is 61.7 Å². The normalized spacial score (nSPS) is 33.5. The molecule has 4 aliphatic carbocycles. The summed E-state index contributed by atoms with van der Waals surface area (Å²) in [5.41, 5.74) is -0.356. The van der Waals surface area contributed by atoms with Gasteiger partial charge in [0.05, 0.1) is 12.0 Å². The molecule has 0 saturated heterocycles. The fraction of sp³-hybridized carbons (Fsp3) is 0.750. The Labute approximate surface area is 139 Å². The minimum atomic E-state index is -0.637. The number of amides is 1. The van der Waals surface area contributed by atoms with Crippen molar-refractivity contribution in [3.8, 4) is 5.88 Å². The quantitative estimate of drug-likeness (QED) is 0.634. The van der Waals surface area contributed by atoms with Crippen molar-refractivity contribution in [2.45, 2.75) is 38.5 Å². The summed E-state index contributed by atoms with van der Waals surface area (Å²) in [6.45, 7) is 0.591. The molecule has 0 aliphatic heterocycles. The standard InChI is InChI=1S/C16H22N4O4/c1-24-15-13(20(22)23)12(18-19-15)14(21)17-8-16-5-9-2-10(6-16)4-11(3-9)7-16/h9-11H,2-8H2,1H3,(H,17,21)(H,18,19). The van der Waals surface area contributed by atoms with Gasteiger partial charge in [-0.15, -0.1) is 5.10 Å². The monoisotopic (exact) mass is 334 g/mol. The summed E-state index contributed by atoms with van der Waals surface area (Å²) in [4.78, 5) is 23.0. The number of hydrogen-bond acceptors (Lipinski definition) is 5. The largest absolute Gasteiger partial charge is 0.475 e. The van der Waals surface area contributed by atoms with Crippen molar-refractivity contribution >= 4 is 11.6 Å². The average molecular weight is 334 g/mol. The Morgan fingerprint density at radius 3 is 2.42 bits per heavy atom. The van der Waals surface area contributed by atoms with E-state index in [0.717, 1.165) is 17.8 Å². The summed E-state index contributed by atoms with van der Waals surface area (Å²) in [7, 11) is 1.29. The van der Waals surface area contributed by atoms with Gasteiger partial charge in [-0.1, -0.05) is 0 Å². The first-order chi connectivity index (χ1) is 11.5. The molecule has 8 nitrogen and oxygen atoms in total. The number of hydrogen-bond donors (Lipinski definition) is 2. The lowest BCUT2D eigenvalue weighted by atomic mass is 9.49. The van der Waals surface area contributed by atoms with Crippen LogP contribution >= 0.6 is 0 Å². The highest BCUT2D eigenvalue weighted by Gasteiger charge is 2.50. The lowest BCUT2D eigenvalue weighted by molar-refractivity contribution is -0.386. The zero-order valence-electron chi connectivity index (χ0n) is 13.7. The molecule has 1 amide bonds. The Morgan fingerprint density at radius 2 is 1.92 bits per heavy atom. The summed E-state index contributed by atoms with van der Waals surface area (Å²) in [5, 5.41) is 20.2. The molecule has 8 heteroatoms. The highest BCUT2D eigenvalue weighted by molar-refractivity contribution is 5.97. The Morgan fingerprint density at radius 1 is 1.33 bits per heavy atom. The van der Waals surface area contributed by atoms with E-state index in [-0.39, 0.29) is 17.0 Å². The second-order valence-corrected chi connectivity index (χ2v) is 7.81. The number of ether oxygens (including phenoxy) is 1. The molecule has 0 unspecified atom stereocenters. The van der Waals surface area contributed by atoms with Crippen LogP contribution in [-0.4, -0.2) is 34.7 Å². The molecule has 2 N–H and O–H groups in total. The number of carbonyl (C=O) groups is 1. The molecule has 130 valence electrons. The third-order valence-electron chi connectivity index (χ3n) is 6.10. The fourth-order valence-corrected chi connectivity index (χ4v) is 5.65. The average Bonchev–Trinajstić information content (AvgIpc) is 2.95. The first kappa shape index (κ1) is 15.4. The molecular weight excluding hydrogens is 312 g/mol. The van der Waals surface area contributed by atoms with Crippen LogP contribution in [0.4, 0.5) is 5.69 Å². The van der Waals surface area contributed by atoms with Crippen molar-refractivity contribution in [3.05, 3.63) is 15.8 Å². The van der Waals surface area contributed by atoms with Gasteiger partial charge in [0.1, 0.15) is 0 Å². The number of methoxy groups -OCH3 is 1. The van der Waals surface area contributed by atoms with E-state index in [1.165, 1.54) is 45.6 Å². The van der Waals surface area contributed by atoms with Gasteiger partial charge in [0, 0.05) is 6.54 Å². The molecule has 0 radical (unpaired) electrons. The van der Waals surface area contributed by atoms with E-state index in [9.17, 15) is 14.9 Å². The van der Waals surface area contributed by atoms with Gasteiger partial charge in [0.15, 0.2) is 0 Å². The Kier molecular flexibility index (Phi) is 3.51. The number of aromatic amines is 1. The van der Waals surface area contributed by atoms with Crippen molar-refractivity contribution in [2.24, 2.45) is 23.2 Å². The third kappa shape index (κ3) is 2.44. The zero-order valence-corrected chi connectivity index (χ0v) is 13.7. The van der Waals surface area contributed by atoms with E-state index >= 15 is 0 Å². The maximum atomic E-state index is 12.4. The number of H-pyrrole nitrogens is 1. The van der Waals surface area contributed by atoms with Gasteiger partial charge in [-0.3, -0.25) is 20.0 Å². The molecule has 4 fully saturated rings. The van der Waals surface area contributed by atoms with E-state index < -0.39 is 16.5 Å². The molecule has 0 aromatic carbocycles. The van der Waals surface area contributed by atoms with Gasteiger partial charge in [-0.2, -0.15) is 0 Å². The highest BCUT2D eigenvalue weighted by Crippen LogP contribution is 2.59. The predicted molar refractivity (Wildman–Crippen MR) is 84.7 cm³/mol. The molecule has 1 aromatic heterocycles. The molecule has 0 atom stereocenters. The maximum Gasteiger partial charge on any atom is 0.362 e. The van der Waals surface area contributed by atoms with E-state index in [1.54, 1.807) is 0 Å². The first-order valence-electron chi connectivity index (χ1n) is 8.54. The van der Waals surface area contributed by atoms with Crippen LogP contribution in [0.1, 0.15) is 49.0 Å². The number of nitrogens with one attached hydrogen (secondary N) is 2. The van der Waals surface area contributed by atoms with Crippen LogP contribution in [0.3, 0.4) is 0 Å². The van der Waals surface area contributed by atoms with Gasteiger partial charge in [-0.25, -0.2) is 0 Å². The molecule has 1 aromatic rings. The highest BCUT2D eigenvalue weighted by atomic mass is 16.6. The van der Waals surface area contributed by atoms with Crippen LogP contribution in [0, 0.1) is 33.3 Å². The SMILES string of the molecule is COc1n[nH]c(C(=O)NCC23CC4CC(CC(C4)C2)C3)c1[N+](=O)[O-]. The predicted octanol–water partition coefficient (Wildman–Crippen LogP) is 2.27. The first-order valence-corrected chi connectivity index (χ1v) is 8.54. The van der Waals surface area contributed by atoms with Crippen LogP contribution in [0.5, 0.6) is 5.88 Å². The minimum Gasteiger partial charge on any atom is -0.475 e. The van der Waals surface area contributed by atoms with Crippen molar-refractivity contribution in [3.63, 3.8) is 0 Å². The Bertz CT molecular complexity index is 648. The summed E-state index contributed by atoms with van der Waals surface area (Å²) < 4.78 is 4.85. The third-order valence-corrected chi connectivity index (χ3v) is 6.10. The lowest BCUT2D eigenvalue weighted by Gasteiger charge is -2.56. The van der Waals surface area contributed by atoms with Crippen molar-refractivity contribution in [1.82, 2.24) is 15.5 Å². The molecule has 5 rings (SSSR count). The van der Waals surface area contributed by atoms with Crippen molar-refractivity contribution in [1.29, 1.82) is 0 Å². The fourth-order valence-electron chi connectivity index (χ4n) is 5.65. The van der Waals surface area contributed by atoms with E-state index in [4.69, 9.17) is 4.74 Å². The summed E-state index contributed by atoms with van der Waals surface area (Å²) in [6, 6.07) is 0. The maximum absolute atomic E-state index is 12.4. The van der Waals surface area contributed by atoms with Gasteiger partial charge in [0.25, 0.3) is 5.91 Å². The van der Waals surface area contributed by atoms with Crippen molar-refractivity contribution in [2.75, 3.05) is 13.7 Å². The lowest BCUT2D eigenvalue weighted by Crippen LogP contribution is -2.51. The summed E-state index contributed by atoms with van der Waals surface area (Å²) in [5.74, 6) is 1.76. The molecule has 4 aliphatic rings. The smallest absolute Gasteiger partial charge is 0.362 e. The van der Waals surface area contributed by atoms with Gasteiger partial charge in [0.2, 0.25) is 5.69 Å². The number of carbonyl (C=O) groups excluding carboxylic acids is 1. The Balaban J connectivity index is 1.48. The van der Waals surface area contributed by atoms with Crippen LogP contribution < -0.4 is 10.1 Å². The van der Waals surface area contributed by atoms with Crippen molar-refractivity contribution < 1.29 is 14.5 Å². The summed E-state index contributed by atoms with van der Waals surface area (Å²) >= 11 is 0. The molecular formula is C16H22N4O4. The topological polar surface area (TPSA) is 110 Å². The number of aromatic nitrogens is 2. The number of rotatable bonds is 5. The second-order valence-electron chi connectivity index (χ2n) is 7.81. The molecule has 24 heavy (non-hydrogen) atoms. The Hall–Kier alpha value is -2.12. The van der Waals surface area contributed by atoms with Gasteiger partial charge < -0.3 is 10.1 Å². The molecule has 1 heterocycles. The van der Waals surface area contributed by atoms with Crippen LogP contribution in [-0.2, 0) is 0 Å². The summed E-state index contributed by atoms with van der Waals surface area (Å²) in [6.07, 6.45) is 7.55. The van der Waals surface area contributed by atoms with Crippen LogP contribution in [0.2, 0.25) is 0 Å². The van der Waals surface area contributed by atoms with E-state index in [0.29, 0.717) is 6.54 Å². The number of nitro groups is 1. The molecule has 4 bridgehead atoms. The number of nitrogens with zero attached hydrogens (tertiary/aromatic N) is 2. The minimum absolute atomic E-state index is 0.137. The molecule has 4 saturated carbocycles.